The molecule has 0 atom stereocenters. The highest BCUT2D eigenvalue weighted by Crippen LogP contribution is 2.20. The lowest BCUT2D eigenvalue weighted by molar-refractivity contribution is -0.384. The molecular weight excluding hydrogens is 388 g/mol. The molecular formula is C21H20N4O5. The number of nitro groups is 1. The molecule has 1 heterocycles. The third kappa shape index (κ3) is 5.07. The summed E-state index contributed by atoms with van der Waals surface area (Å²) in [6, 6.07) is 16.2. The van der Waals surface area contributed by atoms with Crippen molar-refractivity contribution in [3.8, 4) is 17.0 Å². The van der Waals surface area contributed by atoms with Crippen LogP contribution >= 0.6 is 0 Å². The lowest BCUT2D eigenvalue weighted by atomic mass is 10.1. The van der Waals surface area contributed by atoms with Crippen molar-refractivity contribution < 1.29 is 14.5 Å². The standard InChI is InChI=1S/C21H20N4O5/c1-30-19-5-3-2-4-16(19)12-13-22-20(26)14-24-21(27)11-10-18(23-24)15-6-8-17(9-7-15)25(28)29/h2-11H,12-14H2,1H3,(H,22,26). The molecule has 2 aromatic carbocycles. The molecule has 1 N–H and O–H groups in total. The van der Waals surface area contributed by atoms with Gasteiger partial charge in [0.2, 0.25) is 5.91 Å². The molecule has 0 unspecified atom stereocenters. The van der Waals surface area contributed by atoms with Crippen LogP contribution in [0.5, 0.6) is 5.75 Å². The Morgan fingerprint density at radius 3 is 2.57 bits per heavy atom. The maximum atomic E-state index is 12.3. The van der Waals surface area contributed by atoms with Crippen LogP contribution < -0.4 is 15.6 Å². The summed E-state index contributed by atoms with van der Waals surface area (Å²) in [6.45, 7) is 0.154. The van der Waals surface area contributed by atoms with Crippen molar-refractivity contribution in [3.63, 3.8) is 0 Å². The molecule has 0 aliphatic carbocycles. The molecule has 0 saturated carbocycles. The Kier molecular flexibility index (Phi) is 6.53. The maximum absolute atomic E-state index is 12.3. The monoisotopic (exact) mass is 408 g/mol. The van der Waals surface area contributed by atoms with Crippen LogP contribution in [0.25, 0.3) is 11.3 Å². The van der Waals surface area contributed by atoms with Crippen LogP contribution in [-0.4, -0.2) is 34.3 Å². The van der Waals surface area contributed by atoms with Gasteiger partial charge in [0.15, 0.2) is 0 Å². The predicted octanol–water partition coefficient (Wildman–Crippen LogP) is 2.19. The van der Waals surface area contributed by atoms with E-state index in [0.29, 0.717) is 24.2 Å². The van der Waals surface area contributed by atoms with Crippen LogP contribution in [0.2, 0.25) is 0 Å². The van der Waals surface area contributed by atoms with Crippen molar-refractivity contribution in [2.24, 2.45) is 0 Å². The lowest BCUT2D eigenvalue weighted by Gasteiger charge is -2.10. The van der Waals surface area contributed by atoms with Crippen LogP contribution in [0.15, 0.2) is 65.5 Å². The molecule has 3 rings (SSSR count). The summed E-state index contributed by atoms with van der Waals surface area (Å²) in [6.07, 6.45) is 0.584. The number of rotatable bonds is 8. The van der Waals surface area contributed by atoms with E-state index in [4.69, 9.17) is 4.74 Å². The Labute approximate surface area is 172 Å². The molecule has 3 aromatic rings. The van der Waals surface area contributed by atoms with Crippen molar-refractivity contribution in [3.05, 3.63) is 86.7 Å². The average Bonchev–Trinajstić information content (AvgIpc) is 2.75. The second-order valence-corrected chi connectivity index (χ2v) is 6.43. The molecule has 1 aromatic heterocycles. The zero-order chi connectivity index (χ0) is 21.5. The molecule has 0 spiro atoms. The van der Waals surface area contributed by atoms with E-state index in [0.717, 1.165) is 16.0 Å². The first-order valence-corrected chi connectivity index (χ1v) is 9.19. The van der Waals surface area contributed by atoms with Crippen LogP contribution in [0.1, 0.15) is 5.56 Å². The number of nitrogens with zero attached hydrogens (tertiary/aromatic N) is 3. The van der Waals surface area contributed by atoms with Gasteiger partial charge in [-0.2, -0.15) is 5.10 Å². The second-order valence-electron chi connectivity index (χ2n) is 6.43. The SMILES string of the molecule is COc1ccccc1CCNC(=O)Cn1nc(-c2ccc([N+](=O)[O-])cc2)ccc1=O. The van der Waals surface area contributed by atoms with Crippen LogP contribution in [0.4, 0.5) is 5.69 Å². The minimum atomic E-state index is -0.493. The number of amides is 1. The van der Waals surface area contributed by atoms with Crippen LogP contribution in [-0.2, 0) is 17.8 Å². The summed E-state index contributed by atoms with van der Waals surface area (Å²) in [5, 5.41) is 17.7. The molecule has 154 valence electrons. The molecule has 0 bridgehead atoms. The Morgan fingerprint density at radius 1 is 1.13 bits per heavy atom. The first-order chi connectivity index (χ1) is 14.5. The van der Waals surface area contributed by atoms with Crippen molar-refractivity contribution in [2.75, 3.05) is 13.7 Å². The number of nitrogens with one attached hydrogen (secondary N) is 1. The highest BCUT2D eigenvalue weighted by molar-refractivity contribution is 5.75. The first-order valence-electron chi connectivity index (χ1n) is 9.19. The third-order valence-electron chi connectivity index (χ3n) is 4.44. The summed E-state index contributed by atoms with van der Waals surface area (Å²) in [4.78, 5) is 34.6. The molecule has 0 aliphatic rings. The fourth-order valence-corrected chi connectivity index (χ4v) is 2.91. The number of hydrogen-bond donors (Lipinski definition) is 1. The van der Waals surface area contributed by atoms with Gasteiger partial charge in [-0.3, -0.25) is 19.7 Å². The summed E-state index contributed by atoms with van der Waals surface area (Å²) < 4.78 is 6.35. The second kappa shape index (κ2) is 9.46. The number of carbonyl (C=O) groups excluding carboxylic acids is 1. The normalized spacial score (nSPS) is 10.4. The average molecular weight is 408 g/mol. The molecule has 9 heteroatoms. The number of para-hydroxylation sites is 1. The zero-order valence-electron chi connectivity index (χ0n) is 16.3. The molecule has 0 fully saturated rings. The molecule has 0 saturated heterocycles. The summed E-state index contributed by atoms with van der Waals surface area (Å²) >= 11 is 0. The lowest BCUT2D eigenvalue weighted by Crippen LogP contribution is -2.34. The molecule has 0 aliphatic heterocycles. The van der Waals surface area contributed by atoms with Gasteiger partial charge < -0.3 is 10.1 Å². The molecule has 30 heavy (non-hydrogen) atoms. The van der Waals surface area contributed by atoms with Crippen molar-refractivity contribution in [1.29, 1.82) is 0 Å². The smallest absolute Gasteiger partial charge is 0.269 e. The Hall–Kier alpha value is -4.01. The minimum Gasteiger partial charge on any atom is -0.496 e. The number of benzene rings is 2. The van der Waals surface area contributed by atoms with Crippen molar-refractivity contribution in [1.82, 2.24) is 15.1 Å². The molecule has 0 radical (unpaired) electrons. The summed E-state index contributed by atoms with van der Waals surface area (Å²) in [5.74, 6) is 0.404. The predicted molar refractivity (Wildman–Crippen MR) is 110 cm³/mol. The van der Waals surface area contributed by atoms with E-state index in [2.05, 4.69) is 10.4 Å². The van der Waals surface area contributed by atoms with E-state index < -0.39 is 10.5 Å². The Balaban J connectivity index is 1.64. The zero-order valence-corrected chi connectivity index (χ0v) is 16.3. The van der Waals surface area contributed by atoms with Gasteiger partial charge in [-0.05, 0) is 36.2 Å². The topological polar surface area (TPSA) is 116 Å². The van der Waals surface area contributed by atoms with Gasteiger partial charge >= 0.3 is 0 Å². The quantitative estimate of drug-likeness (QED) is 0.451. The van der Waals surface area contributed by atoms with Crippen molar-refractivity contribution >= 4 is 11.6 Å². The van der Waals surface area contributed by atoms with Crippen molar-refractivity contribution in [2.45, 2.75) is 13.0 Å². The first kappa shape index (κ1) is 20.7. The Bertz CT molecular complexity index is 1110. The fourth-order valence-electron chi connectivity index (χ4n) is 2.91. The fraction of sp³-hybridized carbons (Fsp3) is 0.190. The highest BCUT2D eigenvalue weighted by atomic mass is 16.6. The number of ether oxygens (including phenoxy) is 1. The van der Waals surface area contributed by atoms with E-state index in [1.54, 1.807) is 19.2 Å². The molecule has 1 amide bonds. The Morgan fingerprint density at radius 2 is 1.87 bits per heavy atom. The van der Waals surface area contributed by atoms with Gasteiger partial charge in [-0.1, -0.05) is 18.2 Å². The van der Waals surface area contributed by atoms with Gasteiger partial charge in [0.1, 0.15) is 12.3 Å². The van der Waals surface area contributed by atoms with Gasteiger partial charge in [0.05, 0.1) is 17.7 Å². The van der Waals surface area contributed by atoms with E-state index in [-0.39, 0.29) is 18.1 Å². The maximum Gasteiger partial charge on any atom is 0.269 e. The number of hydrogen-bond acceptors (Lipinski definition) is 6. The third-order valence-corrected chi connectivity index (χ3v) is 4.44. The van der Waals surface area contributed by atoms with E-state index in [1.807, 2.05) is 24.3 Å². The van der Waals surface area contributed by atoms with Crippen LogP contribution in [0.3, 0.4) is 0 Å². The largest absolute Gasteiger partial charge is 0.496 e. The van der Waals surface area contributed by atoms with Gasteiger partial charge in [0, 0.05) is 30.3 Å². The number of nitro benzene ring substituents is 1. The summed E-state index contributed by atoms with van der Waals surface area (Å²) in [5.41, 5.74) is 1.55. The van der Waals surface area contributed by atoms with Gasteiger partial charge in [0.25, 0.3) is 11.2 Å². The number of aromatic nitrogens is 2. The van der Waals surface area contributed by atoms with E-state index in [1.165, 1.54) is 24.3 Å². The van der Waals surface area contributed by atoms with E-state index in [9.17, 15) is 19.7 Å². The minimum absolute atomic E-state index is 0.0403. The summed E-state index contributed by atoms with van der Waals surface area (Å²) in [7, 11) is 1.59. The molecule has 9 nitrogen and oxygen atoms in total. The number of methoxy groups -OCH3 is 1. The van der Waals surface area contributed by atoms with Crippen LogP contribution in [0, 0.1) is 10.1 Å². The van der Waals surface area contributed by atoms with Gasteiger partial charge in [-0.25, -0.2) is 4.68 Å². The number of non-ortho nitro benzene ring substituents is 1. The highest BCUT2D eigenvalue weighted by Gasteiger charge is 2.10. The number of carbonyl (C=O) groups is 1. The van der Waals surface area contributed by atoms with Gasteiger partial charge in [-0.15, -0.1) is 0 Å². The van der Waals surface area contributed by atoms with E-state index >= 15 is 0 Å².